The van der Waals surface area contributed by atoms with Crippen LogP contribution in [0.3, 0.4) is 0 Å². The Morgan fingerprint density at radius 2 is 1.68 bits per heavy atom. The van der Waals surface area contributed by atoms with Gasteiger partial charge in [0.15, 0.2) is 0 Å². The fourth-order valence-corrected chi connectivity index (χ4v) is 3.88. The van der Waals surface area contributed by atoms with Crippen LogP contribution in [0.15, 0.2) is 4.47 Å². The molecule has 3 heteroatoms. The fourth-order valence-electron chi connectivity index (χ4n) is 3.35. The van der Waals surface area contributed by atoms with E-state index < -0.39 is 0 Å². The highest BCUT2D eigenvalue weighted by atomic mass is 79.9. The van der Waals surface area contributed by atoms with Crippen molar-refractivity contribution in [3.8, 4) is 0 Å². The number of likely N-dealkylation sites (N-methyl/N-ethyl adjacent to an activating group) is 1. The van der Waals surface area contributed by atoms with Crippen LogP contribution in [0.1, 0.15) is 75.1 Å². The number of fused-ring (bicyclic) bond motifs is 1. The highest BCUT2D eigenvalue weighted by molar-refractivity contribution is 9.10. The van der Waals surface area contributed by atoms with Gasteiger partial charge in [0.1, 0.15) is 5.82 Å². The van der Waals surface area contributed by atoms with Gasteiger partial charge in [-0.15, -0.1) is 0 Å². The molecule has 0 saturated carbocycles. The second-order valence-electron chi connectivity index (χ2n) is 6.70. The number of nitrogens with zero attached hydrogens (tertiary/aromatic N) is 2. The van der Waals surface area contributed by atoms with Gasteiger partial charge in [-0.25, -0.2) is 4.98 Å². The highest BCUT2D eigenvalue weighted by Gasteiger charge is 2.22. The molecule has 1 aliphatic rings. The van der Waals surface area contributed by atoms with Crippen molar-refractivity contribution in [3.05, 3.63) is 21.3 Å². The molecule has 0 radical (unpaired) electrons. The number of hydrogen-bond donors (Lipinski definition) is 0. The maximum atomic E-state index is 4.93. The third kappa shape index (κ3) is 4.47. The molecule has 0 atom stereocenters. The van der Waals surface area contributed by atoms with E-state index in [9.17, 15) is 0 Å². The van der Waals surface area contributed by atoms with Crippen LogP contribution in [0.5, 0.6) is 0 Å². The Hall–Kier alpha value is -0.570. The summed E-state index contributed by atoms with van der Waals surface area (Å²) in [5.41, 5.74) is 4.11. The molecule has 0 saturated heterocycles. The van der Waals surface area contributed by atoms with E-state index in [4.69, 9.17) is 4.98 Å². The van der Waals surface area contributed by atoms with E-state index in [1.54, 1.807) is 0 Å². The first-order valence-corrected chi connectivity index (χ1v) is 9.83. The zero-order valence-corrected chi connectivity index (χ0v) is 16.1. The summed E-state index contributed by atoms with van der Waals surface area (Å²) in [6.07, 6.45) is 13.2. The van der Waals surface area contributed by atoms with Crippen LogP contribution < -0.4 is 4.90 Å². The maximum Gasteiger partial charge on any atom is 0.132 e. The molecule has 2 nitrogen and oxygen atoms in total. The van der Waals surface area contributed by atoms with Gasteiger partial charge in [-0.2, -0.15) is 0 Å². The first-order chi connectivity index (χ1) is 10.6. The SMILES string of the molecule is CCCCCCCCCCc1nc2c(c(C)c1Br)CCN2C. The van der Waals surface area contributed by atoms with E-state index in [1.165, 1.54) is 78.5 Å². The second-order valence-corrected chi connectivity index (χ2v) is 7.49. The Labute approximate surface area is 144 Å². The third-order valence-corrected chi connectivity index (χ3v) is 5.92. The lowest BCUT2D eigenvalue weighted by Crippen LogP contribution is -2.14. The monoisotopic (exact) mass is 366 g/mol. The van der Waals surface area contributed by atoms with Crippen molar-refractivity contribution in [1.29, 1.82) is 0 Å². The van der Waals surface area contributed by atoms with Gasteiger partial charge in [-0.3, -0.25) is 0 Å². The summed E-state index contributed by atoms with van der Waals surface area (Å²) in [5, 5.41) is 0. The van der Waals surface area contributed by atoms with Crippen molar-refractivity contribution in [2.45, 2.75) is 78.1 Å². The van der Waals surface area contributed by atoms with Gasteiger partial charge in [0.2, 0.25) is 0 Å². The van der Waals surface area contributed by atoms with Crippen molar-refractivity contribution in [2.75, 3.05) is 18.5 Å². The van der Waals surface area contributed by atoms with Gasteiger partial charge < -0.3 is 4.90 Å². The van der Waals surface area contributed by atoms with Gasteiger partial charge in [-0.1, -0.05) is 51.9 Å². The maximum absolute atomic E-state index is 4.93. The molecule has 124 valence electrons. The van der Waals surface area contributed by atoms with Gasteiger partial charge >= 0.3 is 0 Å². The predicted molar refractivity (Wildman–Crippen MR) is 100.0 cm³/mol. The zero-order valence-electron chi connectivity index (χ0n) is 14.6. The Bertz CT molecular complexity index is 485. The Morgan fingerprint density at radius 1 is 1.05 bits per heavy atom. The van der Waals surface area contributed by atoms with Gasteiger partial charge in [0.25, 0.3) is 0 Å². The quantitative estimate of drug-likeness (QED) is 0.511. The molecule has 22 heavy (non-hydrogen) atoms. The molecular formula is C19H31BrN2. The van der Waals surface area contributed by atoms with Crippen LogP contribution in [-0.2, 0) is 12.8 Å². The van der Waals surface area contributed by atoms with Crippen LogP contribution >= 0.6 is 15.9 Å². The first-order valence-electron chi connectivity index (χ1n) is 9.04. The summed E-state index contributed by atoms with van der Waals surface area (Å²) in [6.45, 7) is 5.62. The first kappa shape index (κ1) is 17.8. The van der Waals surface area contributed by atoms with E-state index in [-0.39, 0.29) is 0 Å². The van der Waals surface area contributed by atoms with Gasteiger partial charge in [0, 0.05) is 23.6 Å². The van der Waals surface area contributed by atoms with Crippen LogP contribution in [-0.4, -0.2) is 18.6 Å². The molecule has 0 aliphatic carbocycles. The van der Waals surface area contributed by atoms with Crippen molar-refractivity contribution in [2.24, 2.45) is 0 Å². The number of aryl methyl sites for hydroxylation is 1. The molecule has 0 amide bonds. The number of pyridine rings is 1. The predicted octanol–water partition coefficient (Wildman–Crippen LogP) is 5.83. The second kappa shape index (κ2) is 8.90. The van der Waals surface area contributed by atoms with Crippen molar-refractivity contribution in [1.82, 2.24) is 4.98 Å². The Kier molecular flexibility index (Phi) is 7.20. The molecule has 0 spiro atoms. The Balaban J connectivity index is 1.79. The summed E-state index contributed by atoms with van der Waals surface area (Å²) >= 11 is 3.78. The smallest absolute Gasteiger partial charge is 0.132 e. The molecule has 1 aliphatic heterocycles. The molecule has 1 aromatic rings. The molecule has 2 rings (SSSR count). The summed E-state index contributed by atoms with van der Waals surface area (Å²) in [5.74, 6) is 1.22. The minimum absolute atomic E-state index is 1.11. The molecular weight excluding hydrogens is 336 g/mol. The summed E-state index contributed by atoms with van der Waals surface area (Å²) < 4.78 is 1.25. The number of anilines is 1. The van der Waals surface area contributed by atoms with E-state index >= 15 is 0 Å². The highest BCUT2D eigenvalue weighted by Crippen LogP contribution is 2.34. The van der Waals surface area contributed by atoms with E-state index in [2.05, 4.69) is 41.7 Å². The van der Waals surface area contributed by atoms with Crippen LogP contribution in [0.4, 0.5) is 5.82 Å². The van der Waals surface area contributed by atoms with E-state index in [1.807, 2.05) is 0 Å². The lowest BCUT2D eigenvalue weighted by molar-refractivity contribution is 0.573. The molecule has 2 heterocycles. The normalized spacial score (nSPS) is 13.7. The minimum Gasteiger partial charge on any atom is -0.359 e. The number of halogens is 1. The molecule has 0 bridgehead atoms. The molecule has 0 aromatic carbocycles. The van der Waals surface area contributed by atoms with E-state index in [0.717, 1.165) is 19.4 Å². The number of aromatic nitrogens is 1. The lowest BCUT2D eigenvalue weighted by atomic mass is 10.0. The van der Waals surface area contributed by atoms with Crippen LogP contribution in [0, 0.1) is 6.92 Å². The van der Waals surface area contributed by atoms with Crippen molar-refractivity contribution in [3.63, 3.8) is 0 Å². The van der Waals surface area contributed by atoms with Crippen LogP contribution in [0.25, 0.3) is 0 Å². The lowest BCUT2D eigenvalue weighted by Gasteiger charge is -2.15. The third-order valence-electron chi connectivity index (χ3n) is 4.87. The molecule has 0 unspecified atom stereocenters. The summed E-state index contributed by atoms with van der Waals surface area (Å²) in [4.78, 5) is 7.23. The molecule has 0 N–H and O–H groups in total. The summed E-state index contributed by atoms with van der Waals surface area (Å²) in [6, 6.07) is 0. The average molecular weight is 367 g/mol. The Morgan fingerprint density at radius 3 is 2.36 bits per heavy atom. The summed E-state index contributed by atoms with van der Waals surface area (Å²) in [7, 11) is 2.16. The van der Waals surface area contributed by atoms with Crippen LogP contribution in [0.2, 0.25) is 0 Å². The van der Waals surface area contributed by atoms with Crippen molar-refractivity contribution < 1.29 is 0 Å². The van der Waals surface area contributed by atoms with E-state index in [0.29, 0.717) is 0 Å². The standard InChI is InChI=1S/C19H31BrN2/c1-4-5-6-7-8-9-10-11-12-17-18(20)15(2)16-13-14-22(3)19(16)21-17/h4-14H2,1-3H3. The zero-order chi connectivity index (χ0) is 15.9. The molecule has 1 aromatic heterocycles. The average Bonchev–Trinajstić information content (AvgIpc) is 2.88. The molecule has 0 fully saturated rings. The number of rotatable bonds is 9. The largest absolute Gasteiger partial charge is 0.359 e. The fraction of sp³-hybridized carbons (Fsp3) is 0.737. The van der Waals surface area contributed by atoms with Gasteiger partial charge in [-0.05, 0) is 47.7 Å². The topological polar surface area (TPSA) is 16.1 Å². The number of hydrogen-bond acceptors (Lipinski definition) is 2. The van der Waals surface area contributed by atoms with Crippen molar-refractivity contribution >= 4 is 21.7 Å². The van der Waals surface area contributed by atoms with Gasteiger partial charge in [0.05, 0.1) is 5.69 Å². The number of unbranched alkanes of at least 4 members (excludes halogenated alkanes) is 7. The minimum atomic E-state index is 1.11.